The number of hydrogen-bond donors (Lipinski definition) is 2. The molecule has 2 N–H and O–H groups in total. The van der Waals surface area contributed by atoms with Gasteiger partial charge in [-0.25, -0.2) is 0 Å². The molecule has 0 fully saturated rings. The van der Waals surface area contributed by atoms with Crippen molar-refractivity contribution in [2.75, 3.05) is 38.0 Å². The van der Waals surface area contributed by atoms with Gasteiger partial charge in [-0.15, -0.1) is 0 Å². The Morgan fingerprint density at radius 3 is 2.81 bits per heavy atom. The van der Waals surface area contributed by atoms with Gasteiger partial charge < -0.3 is 24.8 Å². The molecule has 0 unspecified atom stereocenters. The van der Waals surface area contributed by atoms with Crippen LogP contribution in [0.3, 0.4) is 0 Å². The molecule has 1 amide bonds. The fourth-order valence-electron chi connectivity index (χ4n) is 1.86. The molecule has 1 aliphatic rings. The summed E-state index contributed by atoms with van der Waals surface area (Å²) < 4.78 is 15.2. The fourth-order valence-corrected chi connectivity index (χ4v) is 1.86. The van der Waals surface area contributed by atoms with Crippen LogP contribution in [0.25, 0.3) is 0 Å². The molecule has 9 heteroatoms. The minimum atomic E-state index is -0.550. The van der Waals surface area contributed by atoms with Crippen molar-refractivity contribution in [1.29, 1.82) is 0 Å². The van der Waals surface area contributed by atoms with Crippen LogP contribution in [0.2, 0.25) is 0 Å². The monoisotopic (exact) mass is 297 g/mol. The number of carbonyl (C=O) groups excluding carboxylic acids is 1. The standard InChI is InChI=1S/C12H15N3O6/c1-19-12(20-2)5-13-7-3-8-10(4-9(7)15(17)18)21-6-11(16)14-8/h3-4,12-13H,5-6H2,1-2H3,(H,14,16). The molecule has 114 valence electrons. The fraction of sp³-hybridized carbons (Fsp3) is 0.417. The number of methoxy groups -OCH3 is 2. The minimum absolute atomic E-state index is 0.157. The molecule has 2 rings (SSSR count). The second-order valence-electron chi connectivity index (χ2n) is 4.24. The van der Waals surface area contributed by atoms with Crippen LogP contribution in [-0.2, 0) is 14.3 Å². The number of ether oxygens (including phenoxy) is 3. The normalized spacial score (nSPS) is 13.4. The van der Waals surface area contributed by atoms with Crippen molar-refractivity contribution in [1.82, 2.24) is 0 Å². The van der Waals surface area contributed by atoms with Gasteiger partial charge in [0.25, 0.3) is 11.6 Å². The Kier molecular flexibility index (Phi) is 4.55. The highest BCUT2D eigenvalue weighted by atomic mass is 16.7. The van der Waals surface area contributed by atoms with Crippen LogP contribution in [0.1, 0.15) is 0 Å². The van der Waals surface area contributed by atoms with E-state index in [1.54, 1.807) is 0 Å². The first-order chi connectivity index (χ1) is 10.0. The molecule has 1 aromatic rings. The topological polar surface area (TPSA) is 112 Å². The highest BCUT2D eigenvalue weighted by Gasteiger charge is 2.24. The Hall–Kier alpha value is -2.39. The average molecular weight is 297 g/mol. The van der Waals surface area contributed by atoms with Gasteiger partial charge in [-0.3, -0.25) is 14.9 Å². The van der Waals surface area contributed by atoms with Crippen LogP contribution in [0, 0.1) is 10.1 Å². The molecule has 0 spiro atoms. The zero-order valence-electron chi connectivity index (χ0n) is 11.5. The Morgan fingerprint density at radius 1 is 1.48 bits per heavy atom. The van der Waals surface area contributed by atoms with Gasteiger partial charge in [0.05, 0.1) is 23.2 Å². The number of rotatable bonds is 6. The molecule has 0 radical (unpaired) electrons. The van der Waals surface area contributed by atoms with Crippen LogP contribution in [-0.4, -0.2) is 44.5 Å². The number of nitro benzene ring substituents is 1. The van der Waals surface area contributed by atoms with Gasteiger partial charge in [0.2, 0.25) is 0 Å². The SMILES string of the molecule is COC(CNc1cc2c(cc1[N+](=O)[O-])OCC(=O)N2)OC. The molecule has 0 bridgehead atoms. The van der Waals surface area contributed by atoms with Gasteiger partial charge in [-0.2, -0.15) is 0 Å². The van der Waals surface area contributed by atoms with Gasteiger partial charge >= 0.3 is 0 Å². The zero-order valence-corrected chi connectivity index (χ0v) is 11.5. The lowest BCUT2D eigenvalue weighted by Gasteiger charge is -2.20. The van der Waals surface area contributed by atoms with Gasteiger partial charge in [-0.05, 0) is 6.07 Å². The van der Waals surface area contributed by atoms with E-state index in [9.17, 15) is 14.9 Å². The summed E-state index contributed by atoms with van der Waals surface area (Å²) >= 11 is 0. The summed E-state index contributed by atoms with van der Waals surface area (Å²) in [6.07, 6.45) is -0.550. The molecule has 1 aromatic carbocycles. The third kappa shape index (κ3) is 3.38. The first-order valence-corrected chi connectivity index (χ1v) is 6.09. The molecule has 1 aliphatic heterocycles. The van der Waals surface area contributed by atoms with E-state index in [1.807, 2.05) is 0 Å². The highest BCUT2D eigenvalue weighted by Crippen LogP contribution is 2.37. The Morgan fingerprint density at radius 2 is 2.19 bits per heavy atom. The third-order valence-electron chi connectivity index (χ3n) is 2.91. The average Bonchev–Trinajstić information content (AvgIpc) is 2.47. The summed E-state index contributed by atoms with van der Waals surface area (Å²) in [6, 6.07) is 2.72. The lowest BCUT2D eigenvalue weighted by molar-refractivity contribution is -0.384. The smallest absolute Gasteiger partial charge is 0.296 e. The van der Waals surface area contributed by atoms with E-state index in [-0.39, 0.29) is 36.2 Å². The number of carbonyl (C=O) groups is 1. The number of amides is 1. The van der Waals surface area contributed by atoms with Crippen LogP contribution in [0.4, 0.5) is 17.1 Å². The van der Waals surface area contributed by atoms with Crippen LogP contribution in [0.15, 0.2) is 12.1 Å². The van der Waals surface area contributed by atoms with E-state index < -0.39 is 11.2 Å². The Balaban J connectivity index is 2.27. The molecule has 21 heavy (non-hydrogen) atoms. The first-order valence-electron chi connectivity index (χ1n) is 6.09. The Bertz CT molecular complexity index is 558. The number of nitrogens with one attached hydrogen (secondary N) is 2. The molecule has 0 aliphatic carbocycles. The summed E-state index contributed by atoms with van der Waals surface area (Å²) in [4.78, 5) is 21.9. The van der Waals surface area contributed by atoms with E-state index in [0.717, 1.165) is 0 Å². The van der Waals surface area contributed by atoms with Crippen molar-refractivity contribution in [3.63, 3.8) is 0 Å². The van der Waals surface area contributed by atoms with Crippen molar-refractivity contribution in [2.45, 2.75) is 6.29 Å². The predicted octanol–water partition coefficient (Wildman–Crippen LogP) is 0.957. The number of nitro groups is 1. The molecular formula is C12H15N3O6. The van der Waals surface area contributed by atoms with Gasteiger partial charge in [-0.1, -0.05) is 0 Å². The van der Waals surface area contributed by atoms with Gasteiger partial charge in [0.15, 0.2) is 18.6 Å². The highest BCUT2D eigenvalue weighted by molar-refractivity contribution is 5.96. The van der Waals surface area contributed by atoms with E-state index >= 15 is 0 Å². The van der Waals surface area contributed by atoms with Gasteiger partial charge in [0, 0.05) is 14.2 Å². The van der Waals surface area contributed by atoms with Crippen LogP contribution in [0.5, 0.6) is 5.75 Å². The van der Waals surface area contributed by atoms with Crippen LogP contribution >= 0.6 is 0 Å². The number of hydrogen-bond acceptors (Lipinski definition) is 7. The number of anilines is 2. The van der Waals surface area contributed by atoms with Crippen molar-refractivity contribution >= 4 is 23.0 Å². The van der Waals surface area contributed by atoms with E-state index in [0.29, 0.717) is 5.69 Å². The summed E-state index contributed by atoms with van der Waals surface area (Å²) in [6.45, 7) is 0.0494. The molecule has 1 heterocycles. The van der Waals surface area contributed by atoms with Crippen molar-refractivity contribution < 1.29 is 23.9 Å². The first kappa shape index (κ1) is 15.0. The summed E-state index contributed by atoms with van der Waals surface area (Å²) in [7, 11) is 2.93. The molecule has 9 nitrogen and oxygen atoms in total. The quantitative estimate of drug-likeness (QED) is 0.457. The predicted molar refractivity (Wildman–Crippen MR) is 73.5 cm³/mol. The van der Waals surface area contributed by atoms with Crippen LogP contribution < -0.4 is 15.4 Å². The largest absolute Gasteiger partial charge is 0.481 e. The maximum absolute atomic E-state index is 11.3. The van der Waals surface area contributed by atoms with Crippen molar-refractivity contribution in [3.8, 4) is 5.75 Å². The lowest BCUT2D eigenvalue weighted by atomic mass is 10.2. The zero-order chi connectivity index (χ0) is 15.4. The molecule has 0 saturated heterocycles. The van der Waals surface area contributed by atoms with Gasteiger partial charge in [0.1, 0.15) is 5.69 Å². The second-order valence-corrected chi connectivity index (χ2v) is 4.24. The molecule has 0 aromatic heterocycles. The summed E-state index contributed by atoms with van der Waals surface area (Å²) in [5.41, 5.74) is 0.463. The number of fused-ring (bicyclic) bond motifs is 1. The van der Waals surface area contributed by atoms with E-state index in [2.05, 4.69) is 10.6 Å². The minimum Gasteiger partial charge on any atom is -0.481 e. The molecule has 0 atom stereocenters. The van der Waals surface area contributed by atoms with E-state index in [4.69, 9.17) is 14.2 Å². The maximum atomic E-state index is 11.3. The number of benzene rings is 1. The summed E-state index contributed by atoms with van der Waals surface area (Å²) in [5, 5.41) is 16.6. The summed E-state index contributed by atoms with van der Waals surface area (Å²) in [5.74, 6) is -0.0455. The Labute approximate surface area is 120 Å². The van der Waals surface area contributed by atoms with Crippen molar-refractivity contribution in [2.24, 2.45) is 0 Å². The second kappa shape index (κ2) is 6.37. The third-order valence-corrected chi connectivity index (χ3v) is 2.91. The maximum Gasteiger partial charge on any atom is 0.296 e. The lowest BCUT2D eigenvalue weighted by Crippen LogP contribution is -2.26. The van der Waals surface area contributed by atoms with Crippen molar-refractivity contribution in [3.05, 3.63) is 22.2 Å². The number of nitrogens with zero attached hydrogens (tertiary/aromatic N) is 1. The molecule has 0 saturated carbocycles. The molecular weight excluding hydrogens is 282 g/mol. The van der Waals surface area contributed by atoms with E-state index in [1.165, 1.54) is 26.4 Å².